The van der Waals surface area contributed by atoms with E-state index in [-0.39, 0.29) is 11.8 Å². The lowest BCUT2D eigenvalue weighted by molar-refractivity contribution is 0.0746. The average Bonchev–Trinajstić information content (AvgIpc) is 2.88. The number of hydrogen-bond donors (Lipinski definition) is 1. The number of rotatable bonds is 6. The van der Waals surface area contributed by atoms with Crippen molar-refractivity contribution in [1.82, 2.24) is 4.90 Å². The van der Waals surface area contributed by atoms with Crippen LogP contribution in [0.2, 0.25) is 0 Å². The molecule has 0 spiro atoms. The van der Waals surface area contributed by atoms with Gasteiger partial charge in [-0.1, -0.05) is 12.1 Å². The molecule has 1 aliphatic rings. The number of nitrogens with one attached hydrogen (secondary N) is 1. The molecule has 3 aromatic rings. The number of piperazine rings is 1. The van der Waals surface area contributed by atoms with Gasteiger partial charge in [-0.15, -0.1) is 0 Å². The van der Waals surface area contributed by atoms with Crippen molar-refractivity contribution in [3.05, 3.63) is 83.4 Å². The first-order valence-corrected chi connectivity index (χ1v) is 11.2. The van der Waals surface area contributed by atoms with Gasteiger partial charge in [0.2, 0.25) is 0 Å². The van der Waals surface area contributed by atoms with Gasteiger partial charge < -0.3 is 24.6 Å². The summed E-state index contributed by atoms with van der Waals surface area (Å²) in [5.74, 6) is 1.14. The number of anilines is 2. The summed E-state index contributed by atoms with van der Waals surface area (Å²) < 4.78 is 10.6. The normalized spacial score (nSPS) is 13.4. The number of hydrogen-bond acceptors (Lipinski definition) is 5. The van der Waals surface area contributed by atoms with Gasteiger partial charge in [0, 0.05) is 43.1 Å². The molecule has 0 aliphatic carbocycles. The number of para-hydroxylation sites is 1. The van der Waals surface area contributed by atoms with Crippen LogP contribution in [0.15, 0.2) is 66.7 Å². The van der Waals surface area contributed by atoms with E-state index in [1.54, 1.807) is 44.6 Å². The highest BCUT2D eigenvalue weighted by Gasteiger charge is 2.22. The van der Waals surface area contributed by atoms with E-state index >= 15 is 0 Å². The highest BCUT2D eigenvalue weighted by atomic mass is 16.5. The highest BCUT2D eigenvalue weighted by molar-refractivity contribution is 6.06. The van der Waals surface area contributed by atoms with E-state index in [1.807, 2.05) is 48.2 Å². The van der Waals surface area contributed by atoms with Gasteiger partial charge in [-0.05, 0) is 67.1 Å². The Balaban J connectivity index is 1.34. The molecule has 1 N–H and O–H groups in total. The van der Waals surface area contributed by atoms with Gasteiger partial charge >= 0.3 is 0 Å². The van der Waals surface area contributed by atoms with E-state index in [4.69, 9.17) is 9.47 Å². The Bertz CT molecular complexity index is 1150. The Morgan fingerprint density at radius 1 is 0.824 bits per heavy atom. The van der Waals surface area contributed by atoms with Crippen molar-refractivity contribution in [3.8, 4) is 11.5 Å². The Kier molecular flexibility index (Phi) is 7.01. The standard InChI is InChI=1S/C27H29N3O4/c1-19-5-4-6-24(25(19)34-3)26(31)28-21-9-11-22(12-10-21)29-15-17-30(18-16-29)27(32)20-7-13-23(33-2)14-8-20/h4-14H,15-18H2,1-3H3,(H,28,31). The van der Waals surface area contributed by atoms with Gasteiger partial charge in [0.15, 0.2) is 0 Å². The van der Waals surface area contributed by atoms with Gasteiger partial charge in [-0.3, -0.25) is 9.59 Å². The molecule has 7 heteroatoms. The maximum Gasteiger partial charge on any atom is 0.259 e. The third-order valence-electron chi connectivity index (χ3n) is 6.05. The van der Waals surface area contributed by atoms with Gasteiger partial charge in [-0.2, -0.15) is 0 Å². The number of benzene rings is 3. The molecule has 1 heterocycles. The van der Waals surface area contributed by atoms with Crippen molar-refractivity contribution in [3.63, 3.8) is 0 Å². The molecular formula is C27H29N3O4. The first-order valence-electron chi connectivity index (χ1n) is 11.2. The summed E-state index contributed by atoms with van der Waals surface area (Å²) in [6.07, 6.45) is 0. The van der Waals surface area contributed by atoms with Gasteiger partial charge in [0.1, 0.15) is 11.5 Å². The number of ether oxygens (including phenoxy) is 2. The minimum absolute atomic E-state index is 0.0342. The molecule has 2 amide bonds. The topological polar surface area (TPSA) is 71.1 Å². The molecule has 1 fully saturated rings. The van der Waals surface area contributed by atoms with Crippen molar-refractivity contribution in [2.45, 2.75) is 6.92 Å². The van der Waals surface area contributed by atoms with E-state index in [1.165, 1.54) is 0 Å². The molecule has 1 aliphatic heterocycles. The van der Waals surface area contributed by atoms with Gasteiger partial charge in [-0.25, -0.2) is 0 Å². The summed E-state index contributed by atoms with van der Waals surface area (Å²) in [7, 11) is 3.18. The quantitative estimate of drug-likeness (QED) is 0.598. The minimum Gasteiger partial charge on any atom is -0.497 e. The largest absolute Gasteiger partial charge is 0.497 e. The molecule has 0 atom stereocenters. The number of carbonyl (C=O) groups is 2. The summed E-state index contributed by atoms with van der Waals surface area (Å²) >= 11 is 0. The van der Waals surface area contributed by atoms with Crippen molar-refractivity contribution >= 4 is 23.2 Å². The summed E-state index contributed by atoms with van der Waals surface area (Å²) in [6.45, 7) is 4.70. The first-order chi connectivity index (χ1) is 16.5. The maximum absolute atomic E-state index is 12.8. The molecule has 0 radical (unpaired) electrons. The summed E-state index contributed by atoms with van der Waals surface area (Å²) in [6, 6.07) is 20.5. The van der Waals surface area contributed by atoms with E-state index in [2.05, 4.69) is 10.2 Å². The summed E-state index contributed by atoms with van der Waals surface area (Å²) in [5, 5.41) is 2.94. The van der Waals surface area contributed by atoms with E-state index < -0.39 is 0 Å². The molecule has 4 rings (SSSR count). The number of aryl methyl sites for hydroxylation is 1. The van der Waals surface area contributed by atoms with Crippen LogP contribution in [-0.4, -0.2) is 57.1 Å². The predicted octanol–water partition coefficient (Wildman–Crippen LogP) is 4.23. The summed E-state index contributed by atoms with van der Waals surface area (Å²) in [5.41, 5.74) is 3.85. The lowest BCUT2D eigenvalue weighted by atomic mass is 10.1. The molecule has 1 saturated heterocycles. The second-order valence-electron chi connectivity index (χ2n) is 8.16. The highest BCUT2D eigenvalue weighted by Crippen LogP contribution is 2.25. The fraction of sp³-hybridized carbons (Fsp3) is 0.259. The Labute approximate surface area is 199 Å². The monoisotopic (exact) mass is 459 g/mol. The second-order valence-corrected chi connectivity index (χ2v) is 8.16. The first kappa shape index (κ1) is 23.2. The Morgan fingerprint density at radius 2 is 1.50 bits per heavy atom. The molecule has 3 aromatic carbocycles. The molecule has 34 heavy (non-hydrogen) atoms. The Morgan fingerprint density at radius 3 is 2.12 bits per heavy atom. The van der Waals surface area contributed by atoms with Crippen LogP contribution in [-0.2, 0) is 0 Å². The number of carbonyl (C=O) groups excluding carboxylic acids is 2. The van der Waals surface area contributed by atoms with Crippen LogP contribution in [0, 0.1) is 6.92 Å². The molecule has 0 saturated carbocycles. The van der Waals surface area contributed by atoms with Crippen LogP contribution >= 0.6 is 0 Å². The van der Waals surface area contributed by atoms with E-state index in [9.17, 15) is 9.59 Å². The zero-order valence-corrected chi connectivity index (χ0v) is 19.7. The third kappa shape index (κ3) is 4.98. The number of nitrogens with zero attached hydrogens (tertiary/aromatic N) is 2. The van der Waals surface area contributed by atoms with Crippen LogP contribution in [0.5, 0.6) is 11.5 Å². The lowest BCUT2D eigenvalue weighted by Gasteiger charge is -2.36. The van der Waals surface area contributed by atoms with Crippen LogP contribution in [0.4, 0.5) is 11.4 Å². The van der Waals surface area contributed by atoms with Crippen molar-refractivity contribution < 1.29 is 19.1 Å². The van der Waals surface area contributed by atoms with Crippen molar-refractivity contribution in [2.75, 3.05) is 50.6 Å². The van der Waals surface area contributed by atoms with Crippen molar-refractivity contribution in [2.24, 2.45) is 0 Å². The molecule has 0 aromatic heterocycles. The third-order valence-corrected chi connectivity index (χ3v) is 6.05. The summed E-state index contributed by atoms with van der Waals surface area (Å²) in [4.78, 5) is 29.7. The van der Waals surface area contributed by atoms with Crippen LogP contribution in [0.1, 0.15) is 26.3 Å². The van der Waals surface area contributed by atoms with Crippen LogP contribution in [0.3, 0.4) is 0 Å². The van der Waals surface area contributed by atoms with E-state index in [0.29, 0.717) is 35.7 Å². The average molecular weight is 460 g/mol. The molecular weight excluding hydrogens is 430 g/mol. The van der Waals surface area contributed by atoms with Crippen molar-refractivity contribution in [1.29, 1.82) is 0 Å². The molecule has 0 unspecified atom stereocenters. The molecule has 7 nitrogen and oxygen atoms in total. The fourth-order valence-electron chi connectivity index (χ4n) is 4.14. The van der Waals surface area contributed by atoms with Gasteiger partial charge in [0.05, 0.1) is 19.8 Å². The number of amides is 2. The fourth-order valence-corrected chi connectivity index (χ4v) is 4.14. The SMILES string of the molecule is COc1ccc(C(=O)N2CCN(c3ccc(NC(=O)c4cccc(C)c4OC)cc3)CC2)cc1. The van der Waals surface area contributed by atoms with Gasteiger partial charge in [0.25, 0.3) is 11.8 Å². The second kappa shape index (κ2) is 10.3. The van der Waals surface area contributed by atoms with Crippen LogP contribution < -0.4 is 19.7 Å². The van der Waals surface area contributed by atoms with Crippen LogP contribution in [0.25, 0.3) is 0 Å². The zero-order chi connectivity index (χ0) is 24.1. The minimum atomic E-state index is -0.209. The lowest BCUT2D eigenvalue weighted by Crippen LogP contribution is -2.48. The van der Waals surface area contributed by atoms with E-state index in [0.717, 1.165) is 30.1 Å². The maximum atomic E-state index is 12.8. The zero-order valence-electron chi connectivity index (χ0n) is 19.7. The Hall–Kier alpha value is -4.00. The predicted molar refractivity (Wildman–Crippen MR) is 133 cm³/mol. The molecule has 176 valence electrons. The number of methoxy groups -OCH3 is 2. The smallest absolute Gasteiger partial charge is 0.259 e. The molecule has 0 bridgehead atoms.